The van der Waals surface area contributed by atoms with Gasteiger partial charge < -0.3 is 4.90 Å². The molecule has 0 aliphatic rings. The Labute approximate surface area is 254 Å². The van der Waals surface area contributed by atoms with Gasteiger partial charge in [0.25, 0.3) is 0 Å². The lowest BCUT2D eigenvalue weighted by Gasteiger charge is -2.29. The van der Waals surface area contributed by atoms with Crippen LogP contribution in [0.2, 0.25) is 0 Å². The Balaban J connectivity index is 1.41. The van der Waals surface area contributed by atoms with E-state index in [2.05, 4.69) is 193 Å². The molecule has 0 aliphatic heterocycles. The van der Waals surface area contributed by atoms with E-state index in [0.29, 0.717) is 0 Å². The van der Waals surface area contributed by atoms with Crippen LogP contribution in [0.25, 0.3) is 44.5 Å². The number of rotatable bonds is 7. The molecule has 0 N–H and O–H groups in total. The molecule has 7 rings (SSSR count). The summed E-state index contributed by atoms with van der Waals surface area (Å²) in [4.78, 5) is 2.39. The van der Waals surface area contributed by atoms with Crippen molar-refractivity contribution in [1.82, 2.24) is 0 Å². The molecule has 7 aromatic carbocycles. The molecule has 0 fully saturated rings. The zero-order valence-corrected chi connectivity index (χ0v) is 23.8. The predicted octanol–water partition coefficient (Wildman–Crippen LogP) is 11.8. The molecule has 0 atom stereocenters. The zero-order chi connectivity index (χ0) is 28.8. The van der Waals surface area contributed by atoms with Crippen molar-refractivity contribution in [1.29, 1.82) is 0 Å². The number of hydrogen-bond donors (Lipinski definition) is 0. The minimum absolute atomic E-state index is 1.11. The van der Waals surface area contributed by atoms with Crippen LogP contribution in [-0.2, 0) is 0 Å². The Bertz CT molecular complexity index is 1940. The summed E-state index contributed by atoms with van der Waals surface area (Å²) in [5.41, 5.74) is 12.9. The molecule has 0 saturated heterocycles. The highest BCUT2D eigenvalue weighted by molar-refractivity contribution is 5.94. The van der Waals surface area contributed by atoms with Gasteiger partial charge in [0.1, 0.15) is 0 Å². The average Bonchev–Trinajstić information content (AvgIpc) is 3.10. The molecule has 1 heteroatoms. The van der Waals surface area contributed by atoms with E-state index in [9.17, 15) is 0 Å². The largest absolute Gasteiger partial charge is 0.310 e. The normalized spacial score (nSPS) is 10.8. The lowest BCUT2D eigenvalue weighted by Crippen LogP contribution is -2.11. The van der Waals surface area contributed by atoms with Gasteiger partial charge in [-0.25, -0.2) is 0 Å². The van der Waals surface area contributed by atoms with Crippen molar-refractivity contribution in [3.05, 3.63) is 188 Å². The smallest absolute Gasteiger partial charge is 0.0540 e. The van der Waals surface area contributed by atoms with Crippen molar-refractivity contribution in [2.75, 3.05) is 4.90 Å². The average molecular weight is 550 g/mol. The predicted molar refractivity (Wildman–Crippen MR) is 183 cm³/mol. The summed E-state index contributed by atoms with van der Waals surface area (Å²) in [6.07, 6.45) is 0. The van der Waals surface area contributed by atoms with E-state index in [1.807, 2.05) is 0 Å². The Kier molecular flexibility index (Phi) is 7.36. The van der Waals surface area contributed by atoms with Gasteiger partial charge in [0.2, 0.25) is 0 Å². The quantitative estimate of drug-likeness (QED) is 0.191. The lowest BCUT2D eigenvalue weighted by molar-refractivity contribution is 1.28. The second-order valence-corrected chi connectivity index (χ2v) is 10.6. The van der Waals surface area contributed by atoms with Crippen LogP contribution in [0.1, 0.15) is 0 Å². The molecule has 0 saturated carbocycles. The molecule has 0 unspecified atom stereocenters. The minimum Gasteiger partial charge on any atom is -0.310 e. The Morgan fingerprint density at radius 1 is 0.256 bits per heavy atom. The molecular weight excluding hydrogens is 518 g/mol. The fraction of sp³-hybridized carbons (Fsp3) is 0. The molecule has 43 heavy (non-hydrogen) atoms. The number of benzene rings is 7. The molecule has 0 spiro atoms. The summed E-state index contributed by atoms with van der Waals surface area (Å²) in [7, 11) is 0. The fourth-order valence-electron chi connectivity index (χ4n) is 5.80. The summed E-state index contributed by atoms with van der Waals surface area (Å²) < 4.78 is 0. The summed E-state index contributed by atoms with van der Waals surface area (Å²) >= 11 is 0. The number of nitrogens with zero attached hydrogens (tertiary/aromatic N) is 1. The number of para-hydroxylation sites is 1. The van der Waals surface area contributed by atoms with Crippen molar-refractivity contribution in [3.8, 4) is 44.5 Å². The van der Waals surface area contributed by atoms with Gasteiger partial charge in [-0.1, -0.05) is 158 Å². The standard InChI is InChI=1S/C42H31N/c1-4-15-32(16-5-1)34-27-29-37(30-28-34)43(38-22-14-21-36(31-38)33-17-6-2-7-18-33)42-26-13-12-25-41(42)40-24-11-10-23-39(40)35-19-8-3-9-20-35/h1-31H. The van der Waals surface area contributed by atoms with E-state index in [1.165, 1.54) is 44.5 Å². The van der Waals surface area contributed by atoms with Crippen molar-refractivity contribution in [3.63, 3.8) is 0 Å². The Morgan fingerprint density at radius 2 is 0.721 bits per heavy atom. The summed E-state index contributed by atoms with van der Waals surface area (Å²) in [5.74, 6) is 0. The molecule has 0 amide bonds. The molecular formula is C42H31N. The van der Waals surface area contributed by atoms with Gasteiger partial charge in [-0.3, -0.25) is 0 Å². The topological polar surface area (TPSA) is 3.24 Å². The van der Waals surface area contributed by atoms with Gasteiger partial charge in [0.15, 0.2) is 0 Å². The van der Waals surface area contributed by atoms with E-state index in [-0.39, 0.29) is 0 Å². The van der Waals surface area contributed by atoms with E-state index in [0.717, 1.165) is 17.1 Å². The van der Waals surface area contributed by atoms with Crippen LogP contribution in [0.3, 0.4) is 0 Å². The van der Waals surface area contributed by atoms with Crippen LogP contribution >= 0.6 is 0 Å². The molecule has 1 nitrogen and oxygen atoms in total. The summed E-state index contributed by atoms with van der Waals surface area (Å²) in [5, 5.41) is 0. The zero-order valence-electron chi connectivity index (χ0n) is 23.8. The minimum atomic E-state index is 1.11. The number of hydrogen-bond acceptors (Lipinski definition) is 1. The molecule has 0 bridgehead atoms. The maximum absolute atomic E-state index is 2.39. The van der Waals surface area contributed by atoms with Crippen LogP contribution in [0.4, 0.5) is 17.1 Å². The summed E-state index contributed by atoms with van der Waals surface area (Å²) in [6.45, 7) is 0. The SMILES string of the molecule is c1ccc(-c2ccc(N(c3cccc(-c4ccccc4)c3)c3ccccc3-c3ccccc3-c3ccccc3)cc2)cc1. The van der Waals surface area contributed by atoms with E-state index >= 15 is 0 Å². The lowest BCUT2D eigenvalue weighted by atomic mass is 9.93. The molecule has 204 valence electrons. The van der Waals surface area contributed by atoms with E-state index in [1.54, 1.807) is 0 Å². The molecule has 0 aromatic heterocycles. The van der Waals surface area contributed by atoms with Crippen LogP contribution in [0, 0.1) is 0 Å². The van der Waals surface area contributed by atoms with Crippen LogP contribution in [0.5, 0.6) is 0 Å². The number of anilines is 3. The van der Waals surface area contributed by atoms with Gasteiger partial charge in [-0.2, -0.15) is 0 Å². The third kappa shape index (κ3) is 5.49. The van der Waals surface area contributed by atoms with Gasteiger partial charge >= 0.3 is 0 Å². The first-order valence-electron chi connectivity index (χ1n) is 14.7. The van der Waals surface area contributed by atoms with E-state index in [4.69, 9.17) is 0 Å². The first kappa shape index (κ1) is 26.3. The van der Waals surface area contributed by atoms with Crippen molar-refractivity contribution in [2.45, 2.75) is 0 Å². The van der Waals surface area contributed by atoms with Crippen LogP contribution in [-0.4, -0.2) is 0 Å². The molecule has 0 aliphatic carbocycles. The summed E-state index contributed by atoms with van der Waals surface area (Å²) in [6, 6.07) is 67.0. The Morgan fingerprint density at radius 3 is 1.37 bits per heavy atom. The van der Waals surface area contributed by atoms with Crippen molar-refractivity contribution < 1.29 is 0 Å². The third-order valence-electron chi connectivity index (χ3n) is 7.89. The maximum Gasteiger partial charge on any atom is 0.0540 e. The second-order valence-electron chi connectivity index (χ2n) is 10.6. The van der Waals surface area contributed by atoms with E-state index < -0.39 is 0 Å². The highest BCUT2D eigenvalue weighted by atomic mass is 15.1. The van der Waals surface area contributed by atoms with Crippen molar-refractivity contribution in [2.24, 2.45) is 0 Å². The highest BCUT2D eigenvalue weighted by Crippen LogP contribution is 2.44. The first-order chi connectivity index (χ1) is 21.3. The third-order valence-corrected chi connectivity index (χ3v) is 7.89. The first-order valence-corrected chi connectivity index (χ1v) is 14.7. The maximum atomic E-state index is 2.39. The Hall–Kier alpha value is -5.66. The van der Waals surface area contributed by atoms with Gasteiger partial charge in [0, 0.05) is 16.9 Å². The monoisotopic (exact) mass is 549 g/mol. The molecule has 0 radical (unpaired) electrons. The molecule has 0 heterocycles. The van der Waals surface area contributed by atoms with Gasteiger partial charge in [-0.15, -0.1) is 0 Å². The molecule has 7 aromatic rings. The van der Waals surface area contributed by atoms with Crippen molar-refractivity contribution >= 4 is 17.1 Å². The second kappa shape index (κ2) is 12.1. The van der Waals surface area contributed by atoms with Gasteiger partial charge in [-0.05, 0) is 69.3 Å². The van der Waals surface area contributed by atoms with Gasteiger partial charge in [0.05, 0.1) is 5.69 Å². The van der Waals surface area contributed by atoms with Crippen LogP contribution < -0.4 is 4.90 Å². The highest BCUT2D eigenvalue weighted by Gasteiger charge is 2.19. The van der Waals surface area contributed by atoms with Crippen LogP contribution in [0.15, 0.2) is 188 Å². The fourth-order valence-corrected chi connectivity index (χ4v) is 5.80.